The first-order valence-corrected chi connectivity index (χ1v) is 6.77. The number of alkyl halides is 1. The van der Waals surface area contributed by atoms with Gasteiger partial charge in [0.1, 0.15) is 11.9 Å². The summed E-state index contributed by atoms with van der Waals surface area (Å²) in [6.45, 7) is 6.49. The van der Waals surface area contributed by atoms with E-state index in [0.717, 1.165) is 22.8 Å². The molecule has 88 valence electrons. The summed E-state index contributed by atoms with van der Waals surface area (Å²) in [6, 6.07) is 5.78. The quantitative estimate of drug-likeness (QED) is 0.726. The molecule has 0 bridgehead atoms. The molecular weight excluding hydrogens is 287 g/mol. The minimum absolute atomic E-state index is 0.189. The summed E-state index contributed by atoms with van der Waals surface area (Å²) in [5, 5.41) is 0.730. The van der Waals surface area contributed by atoms with E-state index in [1.807, 2.05) is 25.1 Å². The topological polar surface area (TPSA) is 9.23 Å². The van der Waals surface area contributed by atoms with Gasteiger partial charge in [-0.2, -0.15) is 0 Å². The number of hydrogen-bond donors (Lipinski definition) is 0. The van der Waals surface area contributed by atoms with E-state index < -0.39 is 0 Å². The van der Waals surface area contributed by atoms with Gasteiger partial charge in [0.05, 0.1) is 0 Å². The van der Waals surface area contributed by atoms with Gasteiger partial charge in [0.25, 0.3) is 0 Å². The second kappa shape index (κ2) is 4.23. The maximum absolute atomic E-state index is 6.03. The van der Waals surface area contributed by atoms with E-state index in [-0.39, 0.29) is 11.5 Å². The van der Waals surface area contributed by atoms with Crippen molar-refractivity contribution in [1.82, 2.24) is 0 Å². The first-order valence-electron chi connectivity index (χ1n) is 5.48. The van der Waals surface area contributed by atoms with E-state index in [9.17, 15) is 0 Å². The summed E-state index contributed by atoms with van der Waals surface area (Å²) in [4.78, 5) is 0.546. The standard InChI is InChI=1S/C13H16BrClO/c1-8-4-5-9(15)6-10(8)16-12-7-11(14)13(12,2)3/h4-6,11-12H,7H2,1-3H3. The fourth-order valence-corrected chi connectivity index (χ4v) is 2.69. The predicted molar refractivity (Wildman–Crippen MR) is 71.7 cm³/mol. The van der Waals surface area contributed by atoms with Crippen molar-refractivity contribution in [2.45, 2.75) is 38.1 Å². The lowest BCUT2D eigenvalue weighted by molar-refractivity contribution is -0.00821. The second-order valence-corrected chi connectivity index (χ2v) is 6.58. The lowest BCUT2D eigenvalue weighted by Gasteiger charge is -2.48. The number of rotatable bonds is 2. The van der Waals surface area contributed by atoms with Gasteiger partial charge in [0, 0.05) is 15.3 Å². The molecule has 1 aromatic rings. The third-order valence-corrected chi connectivity index (χ3v) is 5.27. The van der Waals surface area contributed by atoms with Crippen molar-refractivity contribution < 1.29 is 4.74 Å². The van der Waals surface area contributed by atoms with Crippen LogP contribution in [0.3, 0.4) is 0 Å². The van der Waals surface area contributed by atoms with Gasteiger partial charge in [-0.25, -0.2) is 0 Å². The average Bonchev–Trinajstić information content (AvgIpc) is 2.23. The normalized spacial score (nSPS) is 27.3. The molecule has 0 spiro atoms. The molecule has 1 aliphatic carbocycles. The van der Waals surface area contributed by atoms with Crippen molar-refractivity contribution in [1.29, 1.82) is 0 Å². The summed E-state index contributed by atoms with van der Waals surface area (Å²) < 4.78 is 6.03. The molecule has 0 N–H and O–H groups in total. The Kier molecular flexibility index (Phi) is 3.24. The van der Waals surface area contributed by atoms with Crippen molar-refractivity contribution in [3.8, 4) is 5.75 Å². The van der Waals surface area contributed by atoms with Crippen LogP contribution >= 0.6 is 27.5 Å². The number of halogens is 2. The largest absolute Gasteiger partial charge is 0.489 e. The highest BCUT2D eigenvalue weighted by molar-refractivity contribution is 9.09. The molecule has 0 heterocycles. The van der Waals surface area contributed by atoms with Crippen LogP contribution in [0.1, 0.15) is 25.8 Å². The molecule has 1 saturated carbocycles. The summed E-state index contributed by atoms with van der Waals surface area (Å²) in [7, 11) is 0. The van der Waals surface area contributed by atoms with Gasteiger partial charge < -0.3 is 4.74 Å². The second-order valence-electron chi connectivity index (χ2n) is 5.04. The first kappa shape index (κ1) is 12.3. The Morgan fingerprint density at radius 3 is 2.69 bits per heavy atom. The van der Waals surface area contributed by atoms with E-state index >= 15 is 0 Å². The summed E-state index contributed by atoms with van der Waals surface area (Å²) in [5.41, 5.74) is 1.33. The van der Waals surface area contributed by atoms with Crippen LogP contribution in [0.2, 0.25) is 5.02 Å². The van der Waals surface area contributed by atoms with Crippen LogP contribution in [0.15, 0.2) is 18.2 Å². The Balaban J connectivity index is 2.13. The molecule has 0 aliphatic heterocycles. The highest BCUT2D eigenvalue weighted by atomic mass is 79.9. The Morgan fingerprint density at radius 2 is 2.12 bits per heavy atom. The minimum Gasteiger partial charge on any atom is -0.489 e. The van der Waals surface area contributed by atoms with Gasteiger partial charge in [-0.15, -0.1) is 0 Å². The van der Waals surface area contributed by atoms with Crippen molar-refractivity contribution in [2.75, 3.05) is 0 Å². The zero-order valence-electron chi connectivity index (χ0n) is 9.76. The maximum atomic E-state index is 6.03. The number of hydrogen-bond acceptors (Lipinski definition) is 1. The van der Waals surface area contributed by atoms with Crippen molar-refractivity contribution >= 4 is 27.5 Å². The van der Waals surface area contributed by atoms with E-state index in [1.165, 1.54) is 0 Å². The van der Waals surface area contributed by atoms with E-state index in [1.54, 1.807) is 0 Å². The van der Waals surface area contributed by atoms with Crippen LogP contribution in [0.5, 0.6) is 5.75 Å². The number of benzene rings is 1. The molecule has 0 amide bonds. The molecule has 0 aromatic heterocycles. The highest BCUT2D eigenvalue weighted by Crippen LogP contribution is 2.47. The third kappa shape index (κ3) is 2.10. The molecule has 2 atom stereocenters. The summed E-state index contributed by atoms with van der Waals surface area (Å²) in [6.07, 6.45) is 1.33. The van der Waals surface area contributed by atoms with Crippen LogP contribution < -0.4 is 4.74 Å². The molecule has 2 unspecified atom stereocenters. The van der Waals surface area contributed by atoms with Crippen LogP contribution in [-0.4, -0.2) is 10.9 Å². The molecule has 3 heteroatoms. The lowest BCUT2D eigenvalue weighted by Crippen LogP contribution is -2.53. The van der Waals surface area contributed by atoms with Gasteiger partial charge >= 0.3 is 0 Å². The minimum atomic E-state index is 0.189. The van der Waals surface area contributed by atoms with Crippen LogP contribution in [-0.2, 0) is 0 Å². The predicted octanol–water partition coefficient (Wildman–Crippen LogP) is 4.59. The average molecular weight is 304 g/mol. The van der Waals surface area contributed by atoms with Crippen molar-refractivity contribution in [2.24, 2.45) is 5.41 Å². The Labute approximate surface area is 110 Å². The Hall–Kier alpha value is -0.210. The van der Waals surface area contributed by atoms with Crippen LogP contribution in [0.25, 0.3) is 0 Å². The van der Waals surface area contributed by atoms with E-state index in [2.05, 4.69) is 29.8 Å². The molecule has 16 heavy (non-hydrogen) atoms. The van der Waals surface area contributed by atoms with E-state index in [0.29, 0.717) is 4.83 Å². The van der Waals surface area contributed by atoms with Gasteiger partial charge in [-0.3, -0.25) is 0 Å². The molecule has 0 radical (unpaired) electrons. The monoisotopic (exact) mass is 302 g/mol. The smallest absolute Gasteiger partial charge is 0.124 e. The van der Waals surface area contributed by atoms with Gasteiger partial charge in [0.2, 0.25) is 0 Å². The Bertz CT molecular complexity index is 403. The molecule has 0 saturated heterocycles. The maximum Gasteiger partial charge on any atom is 0.124 e. The highest BCUT2D eigenvalue weighted by Gasteiger charge is 2.48. The van der Waals surface area contributed by atoms with Gasteiger partial charge in [-0.1, -0.05) is 47.4 Å². The Morgan fingerprint density at radius 1 is 1.44 bits per heavy atom. The molecule has 1 aliphatic rings. The van der Waals surface area contributed by atoms with Gasteiger partial charge in [-0.05, 0) is 31.0 Å². The molecule has 1 aromatic carbocycles. The summed E-state index contributed by atoms with van der Waals surface area (Å²) >= 11 is 9.63. The molecule has 1 nitrogen and oxygen atoms in total. The fourth-order valence-electron chi connectivity index (χ4n) is 1.89. The zero-order chi connectivity index (χ0) is 11.9. The van der Waals surface area contributed by atoms with Crippen molar-refractivity contribution in [3.05, 3.63) is 28.8 Å². The van der Waals surface area contributed by atoms with E-state index in [4.69, 9.17) is 16.3 Å². The first-order chi connectivity index (χ1) is 7.41. The number of ether oxygens (including phenoxy) is 1. The third-order valence-electron chi connectivity index (χ3n) is 3.48. The fraction of sp³-hybridized carbons (Fsp3) is 0.538. The lowest BCUT2D eigenvalue weighted by atomic mass is 9.69. The van der Waals surface area contributed by atoms with Crippen LogP contribution in [0, 0.1) is 12.3 Å². The molecule has 2 rings (SSSR count). The van der Waals surface area contributed by atoms with Gasteiger partial charge in [0.15, 0.2) is 0 Å². The van der Waals surface area contributed by atoms with Crippen molar-refractivity contribution in [3.63, 3.8) is 0 Å². The van der Waals surface area contributed by atoms with Crippen LogP contribution in [0.4, 0.5) is 0 Å². The molecule has 1 fully saturated rings. The SMILES string of the molecule is Cc1ccc(Cl)cc1OC1CC(Br)C1(C)C. The number of aryl methyl sites for hydroxylation is 1. The zero-order valence-corrected chi connectivity index (χ0v) is 12.1. The summed E-state index contributed by atoms with van der Waals surface area (Å²) in [5.74, 6) is 0.907. The molecular formula is C13H16BrClO.